The summed E-state index contributed by atoms with van der Waals surface area (Å²) in [5.74, 6) is 0.802. The minimum absolute atomic E-state index is 0.0254. The van der Waals surface area contributed by atoms with Crippen LogP contribution in [0, 0.1) is 0 Å². The minimum Gasteiger partial charge on any atom is -0.508 e. The van der Waals surface area contributed by atoms with Crippen molar-refractivity contribution in [3.05, 3.63) is 41.4 Å². The van der Waals surface area contributed by atoms with E-state index in [2.05, 4.69) is 9.55 Å². The Labute approximate surface area is 126 Å². The van der Waals surface area contributed by atoms with Crippen LogP contribution in [0.3, 0.4) is 0 Å². The highest BCUT2D eigenvalue weighted by Gasteiger charge is 2.29. The molecule has 4 rings (SSSR count). The van der Waals surface area contributed by atoms with E-state index in [1.165, 1.54) is 6.07 Å². The van der Waals surface area contributed by atoms with Crippen LogP contribution in [0.25, 0.3) is 22.4 Å². The number of phenolic OH excluding ortho intramolecular Hbond substituents is 2. The molecule has 0 bridgehead atoms. The molecule has 1 aliphatic carbocycles. The van der Waals surface area contributed by atoms with Gasteiger partial charge in [0.1, 0.15) is 17.3 Å². The first-order chi connectivity index (χ1) is 10.1. The maximum atomic E-state index is 9.70. The molecule has 106 valence electrons. The van der Waals surface area contributed by atoms with Gasteiger partial charge in [0, 0.05) is 22.7 Å². The fraction of sp³-hybridized carbons (Fsp3) is 0.188. The average molecular weight is 301 g/mol. The van der Waals surface area contributed by atoms with Crippen LogP contribution in [0.5, 0.6) is 11.5 Å². The molecular formula is C16H13ClN2O2. The SMILES string of the molecule is Oc1cc(O)cc(-c2nc3cc(Cl)ccc3n2C2CC2)c1. The van der Waals surface area contributed by atoms with Crippen molar-refractivity contribution in [3.8, 4) is 22.9 Å². The van der Waals surface area contributed by atoms with E-state index in [1.54, 1.807) is 12.1 Å². The molecule has 5 heteroatoms. The Morgan fingerprint density at radius 2 is 1.76 bits per heavy atom. The normalized spacial score (nSPS) is 14.7. The fourth-order valence-corrected chi connectivity index (χ4v) is 2.87. The number of benzene rings is 2. The zero-order valence-corrected chi connectivity index (χ0v) is 11.9. The lowest BCUT2D eigenvalue weighted by molar-refractivity contribution is 0.451. The van der Waals surface area contributed by atoms with E-state index >= 15 is 0 Å². The lowest BCUT2D eigenvalue weighted by Gasteiger charge is -2.08. The predicted octanol–water partition coefficient (Wildman–Crippen LogP) is 4.10. The third-order valence-corrected chi connectivity index (χ3v) is 3.96. The van der Waals surface area contributed by atoms with Gasteiger partial charge in [-0.15, -0.1) is 0 Å². The first-order valence-electron chi connectivity index (χ1n) is 6.83. The van der Waals surface area contributed by atoms with E-state index in [0.29, 0.717) is 16.6 Å². The molecule has 3 aromatic rings. The van der Waals surface area contributed by atoms with E-state index in [9.17, 15) is 10.2 Å². The Bertz CT molecular complexity index is 833. The molecule has 0 atom stereocenters. The van der Waals surface area contributed by atoms with Gasteiger partial charge in [0.2, 0.25) is 0 Å². The van der Waals surface area contributed by atoms with Crippen LogP contribution in [-0.2, 0) is 0 Å². The summed E-state index contributed by atoms with van der Waals surface area (Å²) in [5.41, 5.74) is 2.55. The molecular weight excluding hydrogens is 288 g/mol. The Morgan fingerprint density at radius 3 is 2.43 bits per heavy atom. The topological polar surface area (TPSA) is 58.3 Å². The summed E-state index contributed by atoms with van der Waals surface area (Å²) in [6.45, 7) is 0. The summed E-state index contributed by atoms with van der Waals surface area (Å²) in [5, 5.41) is 20.0. The minimum atomic E-state index is 0.0254. The summed E-state index contributed by atoms with van der Waals surface area (Å²) in [6.07, 6.45) is 2.23. The molecule has 4 nitrogen and oxygen atoms in total. The Balaban J connectivity index is 2.00. The number of halogens is 1. The third kappa shape index (κ3) is 2.12. The maximum absolute atomic E-state index is 9.70. The standard InChI is InChI=1S/C16H13ClN2O2/c17-10-1-4-15-14(7-10)18-16(19(15)11-2-3-11)9-5-12(20)8-13(21)6-9/h1,4-8,11,20-21H,2-3H2. The molecule has 0 amide bonds. The summed E-state index contributed by atoms with van der Waals surface area (Å²) >= 11 is 6.04. The van der Waals surface area contributed by atoms with Gasteiger partial charge in [-0.2, -0.15) is 0 Å². The second kappa shape index (κ2) is 4.40. The van der Waals surface area contributed by atoms with Crippen LogP contribution in [0.1, 0.15) is 18.9 Å². The molecule has 0 spiro atoms. The van der Waals surface area contributed by atoms with Crippen molar-refractivity contribution < 1.29 is 10.2 Å². The second-order valence-electron chi connectivity index (χ2n) is 5.41. The summed E-state index contributed by atoms with van der Waals surface area (Å²) in [7, 11) is 0. The molecule has 2 aromatic carbocycles. The zero-order valence-electron chi connectivity index (χ0n) is 11.1. The molecule has 0 aliphatic heterocycles. The van der Waals surface area contributed by atoms with Crippen molar-refractivity contribution in [1.29, 1.82) is 0 Å². The number of hydrogen-bond donors (Lipinski definition) is 2. The van der Waals surface area contributed by atoms with Crippen molar-refractivity contribution in [2.45, 2.75) is 18.9 Å². The second-order valence-corrected chi connectivity index (χ2v) is 5.84. The first kappa shape index (κ1) is 12.5. The predicted molar refractivity (Wildman–Crippen MR) is 81.8 cm³/mol. The van der Waals surface area contributed by atoms with Crippen molar-refractivity contribution >= 4 is 22.6 Å². The van der Waals surface area contributed by atoms with E-state index in [-0.39, 0.29) is 11.5 Å². The monoisotopic (exact) mass is 300 g/mol. The van der Waals surface area contributed by atoms with E-state index < -0.39 is 0 Å². The lowest BCUT2D eigenvalue weighted by atomic mass is 10.2. The number of rotatable bonds is 2. The Hall–Kier alpha value is -2.20. The van der Waals surface area contributed by atoms with Crippen LogP contribution in [0.4, 0.5) is 0 Å². The molecule has 1 fully saturated rings. The van der Waals surface area contributed by atoms with Crippen molar-refractivity contribution in [2.24, 2.45) is 0 Å². The first-order valence-corrected chi connectivity index (χ1v) is 7.20. The number of phenols is 2. The van der Waals surface area contributed by atoms with Gasteiger partial charge in [0.25, 0.3) is 0 Å². The molecule has 1 aromatic heterocycles. The van der Waals surface area contributed by atoms with Crippen LogP contribution >= 0.6 is 11.6 Å². The van der Waals surface area contributed by atoms with Gasteiger partial charge in [-0.05, 0) is 43.2 Å². The van der Waals surface area contributed by atoms with Gasteiger partial charge in [-0.25, -0.2) is 4.98 Å². The number of hydrogen-bond acceptors (Lipinski definition) is 3. The smallest absolute Gasteiger partial charge is 0.141 e. The summed E-state index contributed by atoms with van der Waals surface area (Å²) in [6, 6.07) is 10.6. The van der Waals surface area contributed by atoms with Gasteiger partial charge in [-0.1, -0.05) is 11.6 Å². The van der Waals surface area contributed by atoms with E-state index in [4.69, 9.17) is 11.6 Å². The van der Waals surface area contributed by atoms with Crippen molar-refractivity contribution in [1.82, 2.24) is 9.55 Å². The number of imidazole rings is 1. The van der Waals surface area contributed by atoms with E-state index in [1.807, 2.05) is 18.2 Å². The van der Waals surface area contributed by atoms with Crippen molar-refractivity contribution in [2.75, 3.05) is 0 Å². The van der Waals surface area contributed by atoms with Crippen LogP contribution in [0.2, 0.25) is 5.02 Å². The molecule has 1 aliphatic rings. The highest BCUT2D eigenvalue weighted by atomic mass is 35.5. The van der Waals surface area contributed by atoms with Gasteiger partial charge in [0.15, 0.2) is 0 Å². The van der Waals surface area contributed by atoms with E-state index in [0.717, 1.165) is 29.7 Å². The van der Waals surface area contributed by atoms with Gasteiger partial charge < -0.3 is 14.8 Å². The third-order valence-electron chi connectivity index (χ3n) is 3.72. The average Bonchev–Trinajstić information content (AvgIpc) is 3.18. The highest BCUT2D eigenvalue weighted by Crippen LogP contribution is 2.42. The molecule has 0 radical (unpaired) electrons. The van der Waals surface area contributed by atoms with Gasteiger partial charge in [-0.3, -0.25) is 0 Å². The van der Waals surface area contributed by atoms with Crippen molar-refractivity contribution in [3.63, 3.8) is 0 Å². The molecule has 0 saturated heterocycles. The molecule has 2 N–H and O–H groups in total. The molecule has 0 unspecified atom stereocenters. The number of nitrogens with zero attached hydrogens (tertiary/aromatic N) is 2. The van der Waals surface area contributed by atoms with Gasteiger partial charge >= 0.3 is 0 Å². The molecule has 1 heterocycles. The number of aromatic nitrogens is 2. The summed E-state index contributed by atoms with van der Waals surface area (Å²) < 4.78 is 2.17. The maximum Gasteiger partial charge on any atom is 0.141 e. The number of fused-ring (bicyclic) bond motifs is 1. The Kier molecular flexibility index (Phi) is 2.62. The van der Waals surface area contributed by atoms with Crippen LogP contribution in [-0.4, -0.2) is 19.8 Å². The number of aromatic hydroxyl groups is 2. The lowest BCUT2D eigenvalue weighted by Crippen LogP contribution is -1.97. The van der Waals surface area contributed by atoms with Crippen LogP contribution in [0.15, 0.2) is 36.4 Å². The zero-order chi connectivity index (χ0) is 14.6. The van der Waals surface area contributed by atoms with Crippen LogP contribution < -0.4 is 0 Å². The summed E-state index contributed by atoms with van der Waals surface area (Å²) in [4.78, 5) is 4.64. The highest BCUT2D eigenvalue weighted by molar-refractivity contribution is 6.31. The Morgan fingerprint density at radius 1 is 1.05 bits per heavy atom. The quantitative estimate of drug-likeness (QED) is 0.749. The molecule has 21 heavy (non-hydrogen) atoms. The molecule has 1 saturated carbocycles. The fourth-order valence-electron chi connectivity index (χ4n) is 2.70. The van der Waals surface area contributed by atoms with Gasteiger partial charge in [0.05, 0.1) is 11.0 Å². The largest absolute Gasteiger partial charge is 0.508 e.